The lowest BCUT2D eigenvalue weighted by atomic mass is 10.1. The predicted molar refractivity (Wildman–Crippen MR) is 56.8 cm³/mol. The number of rotatable bonds is 1. The van der Waals surface area contributed by atoms with Crippen LogP contribution >= 0.6 is 0 Å². The average molecular weight is 194 g/mol. The lowest BCUT2D eigenvalue weighted by Crippen LogP contribution is -2.34. The van der Waals surface area contributed by atoms with Crippen LogP contribution in [0.4, 0.5) is 0 Å². The lowest BCUT2D eigenvalue weighted by Gasteiger charge is -2.24. The first kappa shape index (κ1) is 11.1. The highest BCUT2D eigenvalue weighted by Gasteiger charge is 2.13. The number of amides is 1. The molecule has 78 valence electrons. The van der Waals surface area contributed by atoms with Crippen LogP contribution in [0.5, 0.6) is 0 Å². The second-order valence-electron chi connectivity index (χ2n) is 3.89. The van der Waals surface area contributed by atoms with Gasteiger partial charge in [-0.25, -0.2) is 0 Å². The Morgan fingerprint density at radius 1 is 1.29 bits per heavy atom. The minimum Gasteiger partial charge on any atom is -0.332 e. The van der Waals surface area contributed by atoms with E-state index in [0.717, 1.165) is 25.9 Å². The van der Waals surface area contributed by atoms with Crippen molar-refractivity contribution >= 4 is 5.91 Å². The molecule has 0 aliphatic carbocycles. The molecule has 1 rings (SSSR count). The topological polar surface area (TPSA) is 23.6 Å². The summed E-state index contributed by atoms with van der Waals surface area (Å²) in [5.74, 6) is 5.54. The van der Waals surface area contributed by atoms with Crippen LogP contribution in [0, 0.1) is 11.8 Å². The molecule has 14 heavy (non-hydrogen) atoms. The number of hydrogen-bond acceptors (Lipinski definition) is 2. The Kier molecular flexibility index (Phi) is 4.48. The molecule has 0 radical (unpaired) electrons. The summed E-state index contributed by atoms with van der Waals surface area (Å²) in [4.78, 5) is 15.3. The minimum absolute atomic E-state index is 0.00782. The molecule has 1 aliphatic rings. The van der Waals surface area contributed by atoms with E-state index in [4.69, 9.17) is 0 Å². The average Bonchev–Trinajstić information content (AvgIpc) is 2.18. The summed E-state index contributed by atoms with van der Waals surface area (Å²) >= 11 is 0. The van der Waals surface area contributed by atoms with Crippen molar-refractivity contribution < 1.29 is 4.79 Å². The molecule has 1 fully saturated rings. The van der Waals surface area contributed by atoms with Gasteiger partial charge in [-0.15, -0.1) is 0 Å². The fourth-order valence-corrected chi connectivity index (χ4v) is 1.45. The summed E-state index contributed by atoms with van der Waals surface area (Å²) in [5, 5.41) is 0. The predicted octanol–water partition coefficient (Wildman–Crippen LogP) is 0.564. The molecule has 0 aromatic rings. The second kappa shape index (κ2) is 5.66. The number of nitrogens with zero attached hydrogens (tertiary/aromatic N) is 2. The summed E-state index contributed by atoms with van der Waals surface area (Å²) < 4.78 is 0. The first-order valence-electron chi connectivity index (χ1n) is 5.12. The number of carbonyl (C=O) groups is 1. The van der Waals surface area contributed by atoms with E-state index in [-0.39, 0.29) is 5.91 Å². The molecule has 0 saturated carbocycles. The van der Waals surface area contributed by atoms with Crippen molar-refractivity contribution in [3.8, 4) is 11.8 Å². The summed E-state index contributed by atoms with van der Waals surface area (Å²) in [7, 11) is 3.89. The van der Waals surface area contributed by atoms with Gasteiger partial charge >= 0.3 is 0 Å². The van der Waals surface area contributed by atoms with Crippen molar-refractivity contribution in [2.45, 2.75) is 19.3 Å². The molecule has 1 saturated heterocycles. The molecule has 0 unspecified atom stereocenters. The summed E-state index contributed by atoms with van der Waals surface area (Å²) in [6, 6.07) is 0. The van der Waals surface area contributed by atoms with Crippen molar-refractivity contribution in [1.82, 2.24) is 9.80 Å². The summed E-state index contributed by atoms with van der Waals surface area (Å²) in [6.07, 6.45) is 3.50. The Labute approximate surface area is 86.1 Å². The Morgan fingerprint density at radius 3 is 2.50 bits per heavy atom. The lowest BCUT2D eigenvalue weighted by molar-refractivity contribution is -0.125. The van der Waals surface area contributed by atoms with Gasteiger partial charge in [0.25, 0.3) is 5.91 Å². The largest absolute Gasteiger partial charge is 0.332 e. The van der Waals surface area contributed by atoms with Crippen molar-refractivity contribution in [3.63, 3.8) is 0 Å². The summed E-state index contributed by atoms with van der Waals surface area (Å²) in [5.41, 5.74) is 0. The third kappa shape index (κ3) is 3.80. The molecule has 1 aliphatic heterocycles. The van der Waals surface area contributed by atoms with Gasteiger partial charge in [0.05, 0.1) is 6.54 Å². The zero-order chi connectivity index (χ0) is 10.4. The maximum Gasteiger partial charge on any atom is 0.298 e. The smallest absolute Gasteiger partial charge is 0.298 e. The van der Waals surface area contributed by atoms with E-state index in [1.54, 1.807) is 0 Å². The van der Waals surface area contributed by atoms with Crippen molar-refractivity contribution in [2.24, 2.45) is 0 Å². The third-order valence-corrected chi connectivity index (χ3v) is 2.23. The monoisotopic (exact) mass is 194 g/mol. The highest BCUT2D eigenvalue weighted by Crippen LogP contribution is 2.07. The van der Waals surface area contributed by atoms with E-state index in [9.17, 15) is 4.79 Å². The third-order valence-electron chi connectivity index (χ3n) is 2.23. The molecule has 1 amide bonds. The van der Waals surface area contributed by atoms with E-state index >= 15 is 0 Å². The molecule has 3 nitrogen and oxygen atoms in total. The van der Waals surface area contributed by atoms with Crippen LogP contribution < -0.4 is 0 Å². The van der Waals surface area contributed by atoms with Crippen LogP contribution in [0.3, 0.4) is 0 Å². The van der Waals surface area contributed by atoms with Gasteiger partial charge in [-0.05, 0) is 39.3 Å². The van der Waals surface area contributed by atoms with Crippen molar-refractivity contribution in [2.75, 3.05) is 33.7 Å². The van der Waals surface area contributed by atoms with Gasteiger partial charge in [0, 0.05) is 13.1 Å². The molecule has 1 heterocycles. The van der Waals surface area contributed by atoms with Gasteiger partial charge < -0.3 is 4.90 Å². The first-order valence-corrected chi connectivity index (χ1v) is 5.12. The Morgan fingerprint density at radius 2 is 1.93 bits per heavy atom. The van der Waals surface area contributed by atoms with Gasteiger partial charge in [0.2, 0.25) is 0 Å². The van der Waals surface area contributed by atoms with E-state index in [0.29, 0.717) is 6.54 Å². The maximum absolute atomic E-state index is 11.5. The zero-order valence-corrected chi connectivity index (χ0v) is 9.05. The molecule has 3 heteroatoms. The molecule has 0 N–H and O–H groups in total. The molecule has 0 atom stereocenters. The molecular formula is C11H18N2O. The number of carbonyl (C=O) groups excluding carboxylic acids is 1. The van der Waals surface area contributed by atoms with Gasteiger partial charge in [0.1, 0.15) is 0 Å². The number of piperidine rings is 1. The van der Waals surface area contributed by atoms with Crippen LogP contribution in [0.1, 0.15) is 19.3 Å². The zero-order valence-electron chi connectivity index (χ0n) is 9.05. The fourth-order valence-electron chi connectivity index (χ4n) is 1.45. The second-order valence-corrected chi connectivity index (χ2v) is 3.89. The van der Waals surface area contributed by atoms with E-state index in [1.807, 2.05) is 23.9 Å². The number of hydrogen-bond donors (Lipinski definition) is 0. The van der Waals surface area contributed by atoms with Gasteiger partial charge in [0.15, 0.2) is 0 Å². The van der Waals surface area contributed by atoms with E-state index < -0.39 is 0 Å². The van der Waals surface area contributed by atoms with E-state index in [1.165, 1.54) is 6.42 Å². The normalized spacial score (nSPS) is 16.4. The van der Waals surface area contributed by atoms with Gasteiger partial charge in [-0.1, -0.05) is 5.92 Å². The highest BCUT2D eigenvalue weighted by atomic mass is 16.2. The standard InChI is InChI=1S/C11H18N2O/c1-12(2)8-6-7-11(14)13-9-4-3-5-10-13/h3-5,8-10H2,1-2H3. The quantitative estimate of drug-likeness (QED) is 0.570. The maximum atomic E-state index is 11.5. The van der Waals surface area contributed by atoms with Crippen LogP contribution in [-0.2, 0) is 4.79 Å². The fraction of sp³-hybridized carbons (Fsp3) is 0.727. The molecule has 0 bridgehead atoms. The minimum atomic E-state index is -0.00782. The van der Waals surface area contributed by atoms with E-state index in [2.05, 4.69) is 11.8 Å². The molecular weight excluding hydrogens is 176 g/mol. The van der Waals surface area contributed by atoms with Crippen LogP contribution in [0.25, 0.3) is 0 Å². The Balaban J connectivity index is 2.35. The first-order chi connectivity index (χ1) is 6.70. The molecule has 0 spiro atoms. The van der Waals surface area contributed by atoms with Crippen molar-refractivity contribution in [3.05, 3.63) is 0 Å². The van der Waals surface area contributed by atoms with Crippen LogP contribution in [0.2, 0.25) is 0 Å². The number of likely N-dealkylation sites (tertiary alicyclic amines) is 1. The van der Waals surface area contributed by atoms with Crippen LogP contribution in [-0.4, -0.2) is 49.4 Å². The molecule has 0 aromatic heterocycles. The highest BCUT2D eigenvalue weighted by molar-refractivity contribution is 5.93. The Hall–Kier alpha value is -1.01. The van der Waals surface area contributed by atoms with Gasteiger partial charge in [-0.2, -0.15) is 0 Å². The molecule has 0 aromatic carbocycles. The SMILES string of the molecule is CN(C)CC#CC(=O)N1CCCCC1. The summed E-state index contributed by atoms with van der Waals surface area (Å²) in [6.45, 7) is 2.42. The van der Waals surface area contributed by atoms with Crippen LogP contribution in [0.15, 0.2) is 0 Å². The van der Waals surface area contributed by atoms with Gasteiger partial charge in [-0.3, -0.25) is 9.69 Å². The Bertz CT molecular complexity index is 244. The van der Waals surface area contributed by atoms with Crippen molar-refractivity contribution in [1.29, 1.82) is 0 Å².